The number of ketones is 1. The highest BCUT2D eigenvalue weighted by atomic mass is 32.2. The Morgan fingerprint density at radius 1 is 0.735 bits per heavy atom. The number of nitrogens with one attached hydrogen (secondary N) is 1. The molecule has 34 heavy (non-hydrogen) atoms. The Hall–Kier alpha value is -3.45. The second kappa shape index (κ2) is 12.1. The minimum absolute atomic E-state index is 0.0938. The number of aliphatic carboxylic acids is 1. The van der Waals surface area contributed by atoms with Crippen LogP contribution in [-0.2, 0) is 38.9 Å². The van der Waals surface area contributed by atoms with Crippen molar-refractivity contribution in [3.63, 3.8) is 0 Å². The van der Waals surface area contributed by atoms with E-state index >= 15 is 0 Å². The van der Waals surface area contributed by atoms with Gasteiger partial charge in [0.05, 0.1) is 4.90 Å². The quantitative estimate of drug-likeness (QED) is 0.358. The van der Waals surface area contributed by atoms with E-state index in [1.165, 1.54) is 12.1 Å². The zero-order valence-corrected chi connectivity index (χ0v) is 19.8. The van der Waals surface area contributed by atoms with Crippen LogP contribution >= 0.6 is 0 Å². The van der Waals surface area contributed by atoms with Crippen molar-refractivity contribution in [3.05, 3.63) is 95.6 Å². The van der Waals surface area contributed by atoms with E-state index in [0.717, 1.165) is 23.1 Å². The Bertz CT molecular complexity index is 1220. The van der Waals surface area contributed by atoms with Crippen LogP contribution in [0.1, 0.15) is 42.4 Å². The Morgan fingerprint density at radius 2 is 1.41 bits per heavy atom. The number of carboxylic acid groups (broad SMARTS) is 1. The van der Waals surface area contributed by atoms with Crippen molar-refractivity contribution in [2.24, 2.45) is 0 Å². The fraction of sp³-hybridized carbons (Fsp3) is 0.259. The first-order valence-corrected chi connectivity index (χ1v) is 12.8. The minimum Gasteiger partial charge on any atom is -0.481 e. The van der Waals surface area contributed by atoms with Gasteiger partial charge in [0.1, 0.15) is 5.78 Å². The van der Waals surface area contributed by atoms with Crippen LogP contribution < -0.4 is 4.72 Å². The Morgan fingerprint density at radius 3 is 2.12 bits per heavy atom. The molecule has 0 aliphatic heterocycles. The van der Waals surface area contributed by atoms with E-state index in [2.05, 4.69) is 4.72 Å². The molecule has 0 radical (unpaired) electrons. The highest BCUT2D eigenvalue weighted by Gasteiger charge is 2.14. The minimum atomic E-state index is -3.66. The molecular weight excluding hydrogens is 450 g/mol. The lowest BCUT2D eigenvalue weighted by molar-refractivity contribution is -0.137. The molecule has 0 aliphatic rings. The maximum absolute atomic E-state index is 12.5. The van der Waals surface area contributed by atoms with Crippen LogP contribution in [0.2, 0.25) is 0 Å². The lowest BCUT2D eigenvalue weighted by Crippen LogP contribution is -2.13. The van der Waals surface area contributed by atoms with Crippen molar-refractivity contribution in [2.75, 3.05) is 4.72 Å². The fourth-order valence-electron chi connectivity index (χ4n) is 3.78. The van der Waals surface area contributed by atoms with Crippen molar-refractivity contribution in [2.45, 2.75) is 49.8 Å². The number of hydrogen-bond acceptors (Lipinski definition) is 4. The number of aryl methyl sites for hydroxylation is 3. The van der Waals surface area contributed by atoms with Crippen molar-refractivity contribution >= 4 is 27.5 Å². The molecule has 7 heteroatoms. The molecular formula is C27H29NO5S. The summed E-state index contributed by atoms with van der Waals surface area (Å²) in [5.74, 6) is -0.666. The number of hydrogen-bond donors (Lipinski definition) is 2. The standard InChI is InChI=1S/C27H29NO5S/c29-25(13-7-11-22-9-4-5-10-23(22)17-19-27(30)31)18-16-21-8-6-12-24(20-21)28-34(32,33)26-14-2-1-3-15-26/h1-6,8-10,12,14-15,20,28H,7,11,13,16-19H2,(H,30,31). The van der Waals surface area contributed by atoms with Gasteiger partial charge in [0, 0.05) is 24.9 Å². The average molecular weight is 480 g/mol. The van der Waals surface area contributed by atoms with Gasteiger partial charge in [-0.05, 0) is 66.6 Å². The molecule has 0 aliphatic carbocycles. The van der Waals surface area contributed by atoms with Gasteiger partial charge in [0.2, 0.25) is 0 Å². The lowest BCUT2D eigenvalue weighted by atomic mass is 9.97. The van der Waals surface area contributed by atoms with Crippen LogP contribution in [0, 0.1) is 0 Å². The summed E-state index contributed by atoms with van der Waals surface area (Å²) in [5, 5.41) is 8.91. The summed E-state index contributed by atoms with van der Waals surface area (Å²) in [7, 11) is -3.66. The molecule has 0 spiro atoms. The normalized spacial score (nSPS) is 11.2. The monoisotopic (exact) mass is 479 g/mol. The van der Waals surface area contributed by atoms with E-state index in [-0.39, 0.29) is 17.1 Å². The summed E-state index contributed by atoms with van der Waals surface area (Å²) in [4.78, 5) is 23.5. The number of carbonyl (C=O) groups is 2. The summed E-state index contributed by atoms with van der Waals surface area (Å²) in [5.41, 5.74) is 3.47. The highest BCUT2D eigenvalue weighted by Crippen LogP contribution is 2.19. The zero-order valence-electron chi connectivity index (χ0n) is 18.9. The van der Waals surface area contributed by atoms with Gasteiger partial charge in [-0.15, -0.1) is 0 Å². The van der Waals surface area contributed by atoms with Crippen LogP contribution in [0.15, 0.2) is 83.8 Å². The molecule has 0 heterocycles. The molecule has 0 saturated heterocycles. The number of carboxylic acids is 1. The summed E-state index contributed by atoms with van der Waals surface area (Å²) in [6, 6.07) is 23.0. The molecule has 0 unspecified atom stereocenters. The van der Waals surface area contributed by atoms with Crippen molar-refractivity contribution < 1.29 is 23.1 Å². The van der Waals surface area contributed by atoms with Crippen molar-refractivity contribution in [1.29, 1.82) is 0 Å². The molecule has 6 nitrogen and oxygen atoms in total. The largest absolute Gasteiger partial charge is 0.481 e. The highest BCUT2D eigenvalue weighted by molar-refractivity contribution is 7.92. The number of benzene rings is 3. The van der Waals surface area contributed by atoms with Crippen molar-refractivity contribution in [1.82, 2.24) is 0 Å². The molecule has 0 fully saturated rings. The molecule has 0 saturated carbocycles. The first-order chi connectivity index (χ1) is 16.3. The molecule has 0 amide bonds. The van der Waals surface area contributed by atoms with Crippen molar-refractivity contribution in [3.8, 4) is 0 Å². The SMILES string of the molecule is O=C(O)CCc1ccccc1CCCC(=O)CCc1cccc(NS(=O)(=O)c2ccccc2)c1. The molecule has 178 valence electrons. The molecule has 0 aromatic heterocycles. The maximum Gasteiger partial charge on any atom is 0.303 e. The van der Waals surface area contributed by atoms with Gasteiger partial charge in [-0.3, -0.25) is 14.3 Å². The summed E-state index contributed by atoms with van der Waals surface area (Å²) in [6.45, 7) is 0. The predicted octanol–water partition coefficient (Wildman–Crippen LogP) is 5.03. The van der Waals surface area contributed by atoms with E-state index in [0.29, 0.717) is 37.8 Å². The summed E-state index contributed by atoms with van der Waals surface area (Å²) >= 11 is 0. The van der Waals surface area contributed by atoms with Gasteiger partial charge in [-0.25, -0.2) is 8.42 Å². The number of carbonyl (C=O) groups excluding carboxylic acids is 1. The van der Waals surface area contributed by atoms with Crippen LogP contribution in [0.5, 0.6) is 0 Å². The summed E-state index contributed by atoms with van der Waals surface area (Å²) < 4.78 is 27.6. The van der Waals surface area contributed by atoms with Crippen LogP contribution in [-0.4, -0.2) is 25.3 Å². The number of anilines is 1. The Balaban J connectivity index is 1.48. The van der Waals surface area contributed by atoms with E-state index in [1.807, 2.05) is 30.3 Å². The second-order valence-corrected chi connectivity index (χ2v) is 9.86. The number of rotatable bonds is 13. The summed E-state index contributed by atoms with van der Waals surface area (Å²) in [6.07, 6.45) is 3.40. The van der Waals surface area contributed by atoms with Gasteiger partial charge >= 0.3 is 5.97 Å². The fourth-order valence-corrected chi connectivity index (χ4v) is 4.85. The van der Waals surface area contributed by atoms with E-state index in [4.69, 9.17) is 5.11 Å². The average Bonchev–Trinajstić information content (AvgIpc) is 2.82. The lowest BCUT2D eigenvalue weighted by Gasteiger charge is -2.10. The van der Waals surface area contributed by atoms with E-state index in [1.54, 1.807) is 36.4 Å². The third kappa shape index (κ3) is 7.85. The van der Waals surface area contributed by atoms with Gasteiger partial charge in [0.15, 0.2) is 0 Å². The third-order valence-electron chi connectivity index (χ3n) is 5.55. The zero-order chi connectivity index (χ0) is 24.4. The first-order valence-electron chi connectivity index (χ1n) is 11.3. The molecule has 0 bridgehead atoms. The smallest absolute Gasteiger partial charge is 0.303 e. The van der Waals surface area contributed by atoms with Crippen LogP contribution in [0.4, 0.5) is 5.69 Å². The maximum atomic E-state index is 12.5. The van der Waals surface area contributed by atoms with Gasteiger partial charge in [-0.1, -0.05) is 54.6 Å². The number of sulfonamides is 1. The first kappa shape index (κ1) is 25.2. The molecule has 3 aromatic rings. The van der Waals surface area contributed by atoms with Gasteiger partial charge in [0.25, 0.3) is 10.0 Å². The van der Waals surface area contributed by atoms with E-state index < -0.39 is 16.0 Å². The van der Waals surface area contributed by atoms with Crippen LogP contribution in [0.25, 0.3) is 0 Å². The molecule has 3 aromatic carbocycles. The van der Waals surface area contributed by atoms with Gasteiger partial charge < -0.3 is 5.11 Å². The van der Waals surface area contributed by atoms with E-state index in [9.17, 15) is 18.0 Å². The number of Topliss-reactive ketones (excluding diaryl/α,β-unsaturated/α-hetero) is 1. The van der Waals surface area contributed by atoms with Gasteiger partial charge in [-0.2, -0.15) is 0 Å². The topological polar surface area (TPSA) is 101 Å². The molecule has 2 N–H and O–H groups in total. The molecule has 0 atom stereocenters. The third-order valence-corrected chi connectivity index (χ3v) is 6.95. The van der Waals surface area contributed by atoms with Crippen LogP contribution in [0.3, 0.4) is 0 Å². The Labute approximate surface area is 200 Å². The predicted molar refractivity (Wildman–Crippen MR) is 132 cm³/mol. The second-order valence-electron chi connectivity index (χ2n) is 8.17. The Kier molecular flexibility index (Phi) is 8.99. The molecule has 3 rings (SSSR count).